The number of nitrogens with one attached hydrogen (secondary N) is 1. The summed E-state index contributed by atoms with van der Waals surface area (Å²) in [4.78, 5) is 10.8. The molecule has 0 spiro atoms. The van der Waals surface area contributed by atoms with Crippen molar-refractivity contribution in [2.24, 2.45) is 5.92 Å². The van der Waals surface area contributed by atoms with Gasteiger partial charge >= 0.3 is 0 Å². The summed E-state index contributed by atoms with van der Waals surface area (Å²) < 4.78 is 0. The standard InChI is InChI=1S/C13H19ClN4/c1-18-10-2-3-11(18)5-9(4-10)6-16-13-8-15-7-12(14)17-13/h7-11H,2-6H2,1H3,(H,16,17). The molecule has 2 atom stereocenters. The highest BCUT2D eigenvalue weighted by molar-refractivity contribution is 6.29. The monoisotopic (exact) mass is 266 g/mol. The largest absolute Gasteiger partial charge is 0.368 e. The molecule has 4 nitrogen and oxygen atoms in total. The summed E-state index contributed by atoms with van der Waals surface area (Å²) in [5, 5.41) is 3.81. The number of piperidine rings is 1. The van der Waals surface area contributed by atoms with Crippen LogP contribution in [0, 0.1) is 5.92 Å². The third-order valence-electron chi connectivity index (χ3n) is 4.37. The summed E-state index contributed by atoms with van der Waals surface area (Å²) in [6.45, 7) is 0.982. The van der Waals surface area contributed by atoms with Crippen LogP contribution >= 0.6 is 11.6 Å². The first kappa shape index (κ1) is 12.2. The summed E-state index contributed by atoms with van der Waals surface area (Å²) in [7, 11) is 2.27. The molecule has 18 heavy (non-hydrogen) atoms. The molecule has 0 aliphatic carbocycles. The maximum Gasteiger partial charge on any atom is 0.149 e. The zero-order valence-electron chi connectivity index (χ0n) is 10.6. The lowest BCUT2D eigenvalue weighted by Gasteiger charge is -2.36. The fraction of sp³-hybridized carbons (Fsp3) is 0.692. The Kier molecular flexibility index (Phi) is 3.39. The first-order chi connectivity index (χ1) is 8.72. The molecule has 3 heterocycles. The first-order valence-corrected chi connectivity index (χ1v) is 7.03. The fourth-order valence-corrected chi connectivity index (χ4v) is 3.51. The van der Waals surface area contributed by atoms with Crippen LogP contribution in [0.5, 0.6) is 0 Å². The molecule has 1 aromatic rings. The molecule has 3 rings (SSSR count). The average molecular weight is 267 g/mol. The Morgan fingerprint density at radius 2 is 2.06 bits per heavy atom. The van der Waals surface area contributed by atoms with Crippen molar-refractivity contribution in [2.45, 2.75) is 37.8 Å². The number of anilines is 1. The van der Waals surface area contributed by atoms with Crippen molar-refractivity contribution in [3.8, 4) is 0 Å². The van der Waals surface area contributed by atoms with Crippen molar-refractivity contribution in [1.29, 1.82) is 0 Å². The van der Waals surface area contributed by atoms with Gasteiger partial charge in [0.05, 0.1) is 12.4 Å². The minimum Gasteiger partial charge on any atom is -0.368 e. The number of rotatable bonds is 3. The lowest BCUT2D eigenvalue weighted by atomic mass is 9.91. The van der Waals surface area contributed by atoms with Crippen molar-refractivity contribution in [2.75, 3.05) is 18.9 Å². The van der Waals surface area contributed by atoms with Gasteiger partial charge in [0.15, 0.2) is 0 Å². The van der Waals surface area contributed by atoms with Gasteiger partial charge in [-0.25, -0.2) is 4.98 Å². The zero-order chi connectivity index (χ0) is 12.5. The van der Waals surface area contributed by atoms with E-state index in [9.17, 15) is 0 Å². The lowest BCUT2D eigenvalue weighted by molar-refractivity contribution is 0.139. The second-order valence-electron chi connectivity index (χ2n) is 5.50. The van der Waals surface area contributed by atoms with Crippen LogP contribution in [0.25, 0.3) is 0 Å². The summed E-state index contributed by atoms with van der Waals surface area (Å²) in [6.07, 6.45) is 8.63. The third-order valence-corrected chi connectivity index (χ3v) is 4.55. The minimum absolute atomic E-state index is 0.448. The Bertz CT molecular complexity index is 411. The molecule has 2 saturated heterocycles. The molecule has 2 unspecified atom stereocenters. The van der Waals surface area contributed by atoms with Crippen LogP contribution in [0.3, 0.4) is 0 Å². The van der Waals surface area contributed by atoms with Crippen LogP contribution in [-0.2, 0) is 0 Å². The van der Waals surface area contributed by atoms with Crippen molar-refractivity contribution in [3.63, 3.8) is 0 Å². The molecular formula is C13H19ClN4. The van der Waals surface area contributed by atoms with Gasteiger partial charge in [-0.2, -0.15) is 0 Å². The van der Waals surface area contributed by atoms with Crippen LogP contribution in [0.1, 0.15) is 25.7 Å². The Morgan fingerprint density at radius 1 is 1.33 bits per heavy atom. The van der Waals surface area contributed by atoms with Gasteiger partial charge in [-0.1, -0.05) is 11.6 Å². The van der Waals surface area contributed by atoms with Crippen LogP contribution in [0.4, 0.5) is 5.82 Å². The van der Waals surface area contributed by atoms with E-state index in [1.54, 1.807) is 12.4 Å². The Labute approximate surface area is 113 Å². The first-order valence-electron chi connectivity index (χ1n) is 6.65. The molecule has 0 aromatic carbocycles. The molecule has 2 aliphatic rings. The van der Waals surface area contributed by atoms with Gasteiger partial charge in [0, 0.05) is 18.6 Å². The molecule has 1 aromatic heterocycles. The smallest absolute Gasteiger partial charge is 0.149 e. The molecule has 2 fully saturated rings. The highest BCUT2D eigenvalue weighted by Gasteiger charge is 2.38. The van der Waals surface area contributed by atoms with Crippen molar-refractivity contribution >= 4 is 17.4 Å². The van der Waals surface area contributed by atoms with Crippen LogP contribution in [0.15, 0.2) is 12.4 Å². The SMILES string of the molecule is CN1C2CCC1CC(CNc1cncc(Cl)n1)C2. The minimum atomic E-state index is 0.448. The van der Waals surface area contributed by atoms with E-state index in [4.69, 9.17) is 11.6 Å². The van der Waals surface area contributed by atoms with E-state index >= 15 is 0 Å². The maximum absolute atomic E-state index is 5.82. The van der Waals surface area contributed by atoms with E-state index in [1.165, 1.54) is 25.7 Å². The number of halogens is 1. The van der Waals surface area contributed by atoms with Gasteiger partial charge in [-0.05, 0) is 38.6 Å². The third kappa shape index (κ3) is 2.45. The van der Waals surface area contributed by atoms with E-state index in [-0.39, 0.29) is 0 Å². The summed E-state index contributed by atoms with van der Waals surface area (Å²) >= 11 is 5.82. The highest BCUT2D eigenvalue weighted by Crippen LogP contribution is 2.37. The Balaban J connectivity index is 1.55. The predicted molar refractivity (Wildman–Crippen MR) is 72.8 cm³/mol. The topological polar surface area (TPSA) is 41.0 Å². The molecule has 0 radical (unpaired) electrons. The van der Waals surface area contributed by atoms with Crippen LogP contribution < -0.4 is 5.32 Å². The van der Waals surface area contributed by atoms with Gasteiger partial charge in [-0.15, -0.1) is 0 Å². The number of nitrogens with zero attached hydrogens (tertiary/aromatic N) is 3. The number of hydrogen-bond acceptors (Lipinski definition) is 4. The fourth-order valence-electron chi connectivity index (χ4n) is 3.37. The maximum atomic E-state index is 5.82. The highest BCUT2D eigenvalue weighted by atomic mass is 35.5. The van der Waals surface area contributed by atoms with E-state index in [0.717, 1.165) is 30.4 Å². The van der Waals surface area contributed by atoms with E-state index in [2.05, 4.69) is 27.2 Å². The normalized spacial score (nSPS) is 31.6. The molecule has 98 valence electrons. The summed E-state index contributed by atoms with van der Waals surface area (Å²) in [5.41, 5.74) is 0. The average Bonchev–Trinajstić information content (AvgIpc) is 2.60. The number of fused-ring (bicyclic) bond motifs is 2. The Hall–Kier alpha value is -0.870. The molecule has 5 heteroatoms. The lowest BCUT2D eigenvalue weighted by Crippen LogP contribution is -2.41. The van der Waals surface area contributed by atoms with Crippen molar-refractivity contribution < 1.29 is 0 Å². The number of aromatic nitrogens is 2. The molecule has 1 N–H and O–H groups in total. The van der Waals surface area contributed by atoms with Gasteiger partial charge in [0.1, 0.15) is 11.0 Å². The number of hydrogen-bond donors (Lipinski definition) is 1. The van der Waals surface area contributed by atoms with Gasteiger partial charge in [-0.3, -0.25) is 4.98 Å². The summed E-state index contributed by atoms with van der Waals surface area (Å²) in [6, 6.07) is 1.59. The second-order valence-corrected chi connectivity index (χ2v) is 5.88. The van der Waals surface area contributed by atoms with E-state index in [1.807, 2.05) is 0 Å². The van der Waals surface area contributed by atoms with Crippen molar-refractivity contribution in [3.05, 3.63) is 17.5 Å². The van der Waals surface area contributed by atoms with Gasteiger partial charge in [0.25, 0.3) is 0 Å². The zero-order valence-corrected chi connectivity index (χ0v) is 11.4. The molecule has 0 amide bonds. The predicted octanol–water partition coefficient (Wildman–Crippen LogP) is 2.41. The van der Waals surface area contributed by atoms with E-state index in [0.29, 0.717) is 5.15 Å². The van der Waals surface area contributed by atoms with Crippen molar-refractivity contribution in [1.82, 2.24) is 14.9 Å². The van der Waals surface area contributed by atoms with Gasteiger partial charge < -0.3 is 10.2 Å². The quantitative estimate of drug-likeness (QED) is 0.912. The Morgan fingerprint density at radius 3 is 2.72 bits per heavy atom. The van der Waals surface area contributed by atoms with E-state index < -0.39 is 0 Å². The van der Waals surface area contributed by atoms with Gasteiger partial charge in [0.2, 0.25) is 0 Å². The molecule has 2 bridgehead atoms. The van der Waals surface area contributed by atoms with Crippen LogP contribution in [-0.4, -0.2) is 40.5 Å². The molecular weight excluding hydrogens is 248 g/mol. The molecule has 0 saturated carbocycles. The molecule has 2 aliphatic heterocycles. The van der Waals surface area contributed by atoms with Crippen LogP contribution in [0.2, 0.25) is 5.15 Å². The summed E-state index contributed by atoms with van der Waals surface area (Å²) in [5.74, 6) is 1.54. The second kappa shape index (κ2) is 5.02.